The van der Waals surface area contributed by atoms with Gasteiger partial charge < -0.3 is 0 Å². The van der Waals surface area contributed by atoms with Gasteiger partial charge in [0.25, 0.3) is 0 Å². The van der Waals surface area contributed by atoms with Gasteiger partial charge in [0.2, 0.25) is 0 Å². The molecule has 0 bridgehead atoms. The van der Waals surface area contributed by atoms with Crippen molar-refractivity contribution in [3.8, 4) is 0 Å². The predicted octanol–water partition coefficient (Wildman–Crippen LogP) is 4.11. The first-order valence-corrected chi connectivity index (χ1v) is 7.01. The van der Waals surface area contributed by atoms with Crippen LogP contribution in [0.25, 0.3) is 10.8 Å². The summed E-state index contributed by atoms with van der Waals surface area (Å²) in [6.45, 7) is 6.11. The van der Waals surface area contributed by atoms with Gasteiger partial charge in [0.05, 0.1) is 11.8 Å². The van der Waals surface area contributed by atoms with Gasteiger partial charge in [-0.25, -0.2) is 4.99 Å². The Morgan fingerprint density at radius 3 is 2.90 bits per heavy atom. The molecule has 1 aliphatic heterocycles. The summed E-state index contributed by atoms with van der Waals surface area (Å²) in [6.07, 6.45) is 2.72. The topological polar surface area (TPSA) is 24.7 Å². The molecule has 0 N–H and O–H groups in total. The molecule has 2 heteroatoms. The van der Waals surface area contributed by atoms with Crippen molar-refractivity contribution in [3.63, 3.8) is 0 Å². The van der Waals surface area contributed by atoms with Crippen molar-refractivity contribution in [3.05, 3.63) is 59.7 Å². The minimum absolute atomic E-state index is 0.221. The molecule has 0 spiro atoms. The molecule has 20 heavy (non-hydrogen) atoms. The Balaban J connectivity index is 1.91. The Labute approximate surface area is 118 Å². The zero-order valence-electron chi connectivity index (χ0n) is 11.5. The molecule has 4 rings (SSSR count). The minimum atomic E-state index is 0.221. The van der Waals surface area contributed by atoms with E-state index in [4.69, 9.17) is 0 Å². The molecule has 98 valence electrons. The largest absolute Gasteiger partial charge is 0.265 e. The summed E-state index contributed by atoms with van der Waals surface area (Å²) in [5.41, 5.74) is 4.97. The number of hydrogen-bond donors (Lipinski definition) is 0. The van der Waals surface area contributed by atoms with Gasteiger partial charge in [-0.15, -0.1) is 0 Å². The van der Waals surface area contributed by atoms with Gasteiger partial charge in [-0.05, 0) is 40.8 Å². The van der Waals surface area contributed by atoms with Crippen molar-refractivity contribution in [2.75, 3.05) is 0 Å². The lowest BCUT2D eigenvalue weighted by Crippen LogP contribution is -2.22. The van der Waals surface area contributed by atoms with Crippen LogP contribution in [0.1, 0.15) is 24.1 Å². The summed E-state index contributed by atoms with van der Waals surface area (Å²) in [5.74, 6) is 0.360. The zero-order chi connectivity index (χ0) is 13.7. The van der Waals surface area contributed by atoms with Crippen LogP contribution >= 0.6 is 0 Å². The third kappa shape index (κ3) is 1.51. The average molecular weight is 260 g/mol. The van der Waals surface area contributed by atoms with E-state index < -0.39 is 0 Å². The van der Waals surface area contributed by atoms with Crippen molar-refractivity contribution in [1.82, 2.24) is 0 Å². The molecule has 0 fully saturated rings. The lowest BCUT2D eigenvalue weighted by Gasteiger charge is -2.21. The van der Waals surface area contributed by atoms with E-state index in [9.17, 15) is 0 Å². The third-order valence-corrected chi connectivity index (χ3v) is 4.41. The fourth-order valence-electron chi connectivity index (χ4n) is 3.53. The fourth-order valence-corrected chi connectivity index (χ4v) is 3.53. The Kier molecular flexibility index (Phi) is 2.40. The van der Waals surface area contributed by atoms with E-state index in [1.54, 1.807) is 6.34 Å². The molecule has 1 aliphatic carbocycles. The minimum Gasteiger partial charge on any atom is -0.265 e. The van der Waals surface area contributed by atoms with E-state index in [2.05, 4.69) is 53.0 Å². The second-order valence-corrected chi connectivity index (χ2v) is 5.67. The molecule has 1 heterocycles. The maximum atomic E-state index is 4.62. The maximum absolute atomic E-state index is 4.62. The SMILES string of the molecule is C=C(C)C1=NC=NC2c3ccc4ccccc4c3CC12. The van der Waals surface area contributed by atoms with Crippen molar-refractivity contribution in [2.24, 2.45) is 15.9 Å². The van der Waals surface area contributed by atoms with Crippen LogP contribution in [0.2, 0.25) is 0 Å². The monoisotopic (exact) mass is 260 g/mol. The number of nitrogens with zero attached hydrogens (tertiary/aromatic N) is 2. The third-order valence-electron chi connectivity index (χ3n) is 4.41. The van der Waals surface area contributed by atoms with Crippen LogP contribution in [0, 0.1) is 5.92 Å². The summed E-state index contributed by atoms with van der Waals surface area (Å²) >= 11 is 0. The van der Waals surface area contributed by atoms with Crippen molar-refractivity contribution in [2.45, 2.75) is 19.4 Å². The molecule has 2 aromatic rings. The molecule has 2 aliphatic rings. The van der Waals surface area contributed by atoms with Crippen LogP contribution < -0.4 is 0 Å². The highest BCUT2D eigenvalue weighted by Crippen LogP contribution is 2.44. The smallest absolute Gasteiger partial charge is 0.110 e. The highest BCUT2D eigenvalue weighted by atomic mass is 15.0. The Bertz CT molecular complexity index is 783. The zero-order valence-corrected chi connectivity index (χ0v) is 11.5. The first kappa shape index (κ1) is 11.6. The van der Waals surface area contributed by atoms with E-state index in [1.165, 1.54) is 21.9 Å². The van der Waals surface area contributed by atoms with Crippen LogP contribution in [-0.2, 0) is 6.42 Å². The molecule has 0 saturated carbocycles. The first-order valence-electron chi connectivity index (χ1n) is 7.01. The molecule has 2 atom stereocenters. The molecule has 0 amide bonds. The summed E-state index contributed by atoms with van der Waals surface area (Å²) in [5, 5.41) is 2.67. The molecular weight excluding hydrogens is 244 g/mol. The maximum Gasteiger partial charge on any atom is 0.110 e. The Morgan fingerprint density at radius 1 is 1.20 bits per heavy atom. The number of hydrogen-bond acceptors (Lipinski definition) is 2. The molecule has 2 nitrogen and oxygen atoms in total. The van der Waals surface area contributed by atoms with E-state index in [1.807, 2.05) is 6.92 Å². The van der Waals surface area contributed by atoms with Gasteiger partial charge in [0, 0.05) is 5.92 Å². The molecular formula is C18H16N2. The van der Waals surface area contributed by atoms with Gasteiger partial charge in [0.15, 0.2) is 0 Å². The Morgan fingerprint density at radius 2 is 2.05 bits per heavy atom. The van der Waals surface area contributed by atoms with Crippen LogP contribution in [0.15, 0.2) is 58.5 Å². The van der Waals surface area contributed by atoms with Crippen molar-refractivity contribution < 1.29 is 0 Å². The number of rotatable bonds is 1. The second-order valence-electron chi connectivity index (χ2n) is 5.67. The molecule has 2 aromatic carbocycles. The van der Waals surface area contributed by atoms with Gasteiger partial charge in [-0.3, -0.25) is 4.99 Å². The molecule has 0 aromatic heterocycles. The van der Waals surface area contributed by atoms with E-state index in [-0.39, 0.29) is 6.04 Å². The number of benzene rings is 2. The normalized spacial score (nSPS) is 23.4. The van der Waals surface area contributed by atoms with Crippen LogP contribution in [0.3, 0.4) is 0 Å². The summed E-state index contributed by atoms with van der Waals surface area (Å²) < 4.78 is 0. The molecule has 2 unspecified atom stereocenters. The highest BCUT2D eigenvalue weighted by Gasteiger charge is 2.37. The number of fused-ring (bicyclic) bond motifs is 5. The van der Waals surface area contributed by atoms with Gasteiger partial charge in [0.1, 0.15) is 6.34 Å². The summed E-state index contributed by atoms with van der Waals surface area (Å²) in [6, 6.07) is 13.3. The number of allylic oxidation sites excluding steroid dienone is 1. The van der Waals surface area contributed by atoms with Crippen LogP contribution in [-0.4, -0.2) is 12.1 Å². The van der Waals surface area contributed by atoms with E-state index in [0.29, 0.717) is 5.92 Å². The predicted molar refractivity (Wildman–Crippen MR) is 84.6 cm³/mol. The van der Waals surface area contributed by atoms with Gasteiger partial charge >= 0.3 is 0 Å². The van der Waals surface area contributed by atoms with E-state index in [0.717, 1.165) is 17.7 Å². The van der Waals surface area contributed by atoms with E-state index >= 15 is 0 Å². The quantitative estimate of drug-likeness (QED) is 0.737. The van der Waals surface area contributed by atoms with Crippen LogP contribution in [0.5, 0.6) is 0 Å². The molecule has 0 saturated heterocycles. The van der Waals surface area contributed by atoms with Crippen molar-refractivity contribution in [1.29, 1.82) is 0 Å². The second kappa shape index (κ2) is 4.14. The summed E-state index contributed by atoms with van der Waals surface area (Å²) in [4.78, 5) is 9.08. The lowest BCUT2D eigenvalue weighted by molar-refractivity contribution is 0.599. The summed E-state index contributed by atoms with van der Waals surface area (Å²) in [7, 11) is 0. The van der Waals surface area contributed by atoms with Crippen molar-refractivity contribution >= 4 is 22.8 Å². The van der Waals surface area contributed by atoms with Gasteiger partial charge in [-0.2, -0.15) is 0 Å². The molecule has 0 radical (unpaired) electrons. The standard InChI is InChI=1S/C18H16N2/c1-11(2)17-16-9-15-13-6-4-3-5-12(13)7-8-14(15)18(16)20-10-19-17/h3-8,10,16,18H,1,9H2,2H3. The first-order chi connectivity index (χ1) is 9.75. The lowest BCUT2D eigenvalue weighted by atomic mass is 9.91. The van der Waals surface area contributed by atoms with Gasteiger partial charge in [-0.1, -0.05) is 43.0 Å². The average Bonchev–Trinajstić information content (AvgIpc) is 2.86. The highest BCUT2D eigenvalue weighted by molar-refractivity contribution is 6.07. The van der Waals surface area contributed by atoms with Crippen LogP contribution in [0.4, 0.5) is 0 Å². The Hall–Kier alpha value is -2.22. The number of aliphatic imine (C=N–C) groups is 2. The fraction of sp³-hybridized carbons (Fsp3) is 0.222.